The highest BCUT2D eigenvalue weighted by molar-refractivity contribution is 7.99. The first kappa shape index (κ1) is 13.8. The van der Waals surface area contributed by atoms with Gasteiger partial charge in [-0.2, -0.15) is 11.8 Å². The zero-order valence-electron chi connectivity index (χ0n) is 9.78. The molecule has 0 saturated heterocycles. The average molecular weight is 247 g/mol. The molecular weight excluding hydrogens is 226 g/mol. The van der Waals surface area contributed by atoms with E-state index >= 15 is 0 Å². The molecule has 0 aromatic rings. The lowest BCUT2D eigenvalue weighted by molar-refractivity contribution is -0.141. The summed E-state index contributed by atoms with van der Waals surface area (Å²) in [5, 5.41) is 10.2. The SMILES string of the molecule is COC(=O)C(N)CSCC1(O)CCCCC1. The number of nitrogens with two attached hydrogens (primary N) is 1. The third-order valence-corrected chi connectivity index (χ3v) is 4.29. The quantitative estimate of drug-likeness (QED) is 0.707. The van der Waals surface area contributed by atoms with Crippen molar-refractivity contribution in [1.82, 2.24) is 0 Å². The molecule has 5 heteroatoms. The van der Waals surface area contributed by atoms with Gasteiger partial charge in [0.1, 0.15) is 6.04 Å². The van der Waals surface area contributed by atoms with Gasteiger partial charge in [0.05, 0.1) is 12.7 Å². The minimum Gasteiger partial charge on any atom is -0.468 e. The van der Waals surface area contributed by atoms with Crippen LogP contribution in [0.15, 0.2) is 0 Å². The zero-order chi connectivity index (χ0) is 12.0. The van der Waals surface area contributed by atoms with Crippen molar-refractivity contribution in [2.75, 3.05) is 18.6 Å². The smallest absolute Gasteiger partial charge is 0.323 e. The number of esters is 1. The van der Waals surface area contributed by atoms with Gasteiger partial charge in [0.15, 0.2) is 0 Å². The number of ether oxygens (including phenoxy) is 1. The summed E-state index contributed by atoms with van der Waals surface area (Å²) in [4.78, 5) is 11.1. The van der Waals surface area contributed by atoms with Gasteiger partial charge in [-0.05, 0) is 12.8 Å². The summed E-state index contributed by atoms with van der Waals surface area (Å²) in [6.07, 6.45) is 5.15. The molecule has 0 spiro atoms. The second-order valence-electron chi connectivity index (χ2n) is 4.43. The van der Waals surface area contributed by atoms with E-state index in [9.17, 15) is 9.90 Å². The third-order valence-electron chi connectivity index (χ3n) is 2.96. The predicted molar refractivity (Wildman–Crippen MR) is 65.4 cm³/mol. The van der Waals surface area contributed by atoms with Crippen LogP contribution >= 0.6 is 11.8 Å². The molecule has 1 aliphatic carbocycles. The fourth-order valence-electron chi connectivity index (χ4n) is 1.95. The number of hydrogen-bond acceptors (Lipinski definition) is 5. The van der Waals surface area contributed by atoms with Gasteiger partial charge in [-0.3, -0.25) is 4.79 Å². The van der Waals surface area contributed by atoms with Crippen LogP contribution in [0.4, 0.5) is 0 Å². The van der Waals surface area contributed by atoms with Gasteiger partial charge in [-0.15, -0.1) is 0 Å². The minimum absolute atomic E-state index is 0.386. The molecule has 1 aliphatic rings. The monoisotopic (exact) mass is 247 g/mol. The van der Waals surface area contributed by atoms with Crippen LogP contribution in [0.3, 0.4) is 0 Å². The summed E-state index contributed by atoms with van der Waals surface area (Å²) >= 11 is 1.53. The Balaban J connectivity index is 2.21. The van der Waals surface area contributed by atoms with Crippen molar-refractivity contribution in [3.05, 3.63) is 0 Å². The van der Waals surface area contributed by atoms with Crippen molar-refractivity contribution < 1.29 is 14.6 Å². The van der Waals surface area contributed by atoms with E-state index in [1.165, 1.54) is 25.3 Å². The van der Waals surface area contributed by atoms with E-state index in [-0.39, 0.29) is 5.97 Å². The summed E-state index contributed by atoms with van der Waals surface area (Å²) in [6.45, 7) is 0. The maximum atomic E-state index is 11.1. The minimum atomic E-state index is -0.581. The molecule has 1 unspecified atom stereocenters. The highest BCUT2D eigenvalue weighted by Crippen LogP contribution is 2.30. The molecule has 4 nitrogen and oxygen atoms in total. The standard InChI is InChI=1S/C11H21NO3S/c1-15-10(13)9(12)7-16-8-11(14)5-3-2-4-6-11/h9,14H,2-8,12H2,1H3. The van der Waals surface area contributed by atoms with E-state index in [4.69, 9.17) is 5.73 Å². The molecule has 0 aliphatic heterocycles. The van der Waals surface area contributed by atoms with Crippen LogP contribution in [0.2, 0.25) is 0 Å². The Kier molecular flexibility index (Phi) is 5.58. The van der Waals surface area contributed by atoms with Gasteiger partial charge < -0.3 is 15.6 Å². The van der Waals surface area contributed by atoms with Crippen LogP contribution in [-0.4, -0.2) is 41.3 Å². The first-order valence-electron chi connectivity index (χ1n) is 5.71. The summed E-state index contributed by atoms with van der Waals surface area (Å²) in [5.74, 6) is 0.787. The van der Waals surface area contributed by atoms with Gasteiger partial charge in [0.25, 0.3) is 0 Å². The lowest BCUT2D eigenvalue weighted by atomic mass is 9.86. The molecule has 0 heterocycles. The Morgan fingerprint density at radius 3 is 2.69 bits per heavy atom. The lowest BCUT2D eigenvalue weighted by Gasteiger charge is -2.31. The Morgan fingerprint density at radius 1 is 1.50 bits per heavy atom. The van der Waals surface area contributed by atoms with Crippen LogP contribution in [0, 0.1) is 0 Å². The molecule has 3 N–H and O–H groups in total. The van der Waals surface area contributed by atoms with Crippen LogP contribution in [0.25, 0.3) is 0 Å². The number of rotatable bonds is 5. The van der Waals surface area contributed by atoms with Crippen molar-refractivity contribution >= 4 is 17.7 Å². The van der Waals surface area contributed by atoms with E-state index < -0.39 is 11.6 Å². The second kappa shape index (κ2) is 6.47. The summed E-state index contributed by atoms with van der Waals surface area (Å²) in [7, 11) is 1.33. The number of carbonyl (C=O) groups is 1. The largest absolute Gasteiger partial charge is 0.468 e. The second-order valence-corrected chi connectivity index (χ2v) is 5.46. The van der Waals surface area contributed by atoms with Gasteiger partial charge in [0.2, 0.25) is 0 Å². The number of hydrogen-bond donors (Lipinski definition) is 2. The van der Waals surface area contributed by atoms with Gasteiger partial charge in [0, 0.05) is 11.5 Å². The summed E-state index contributed by atoms with van der Waals surface area (Å²) in [6, 6.07) is -0.581. The molecule has 0 aromatic heterocycles. The van der Waals surface area contributed by atoms with E-state index in [1.54, 1.807) is 0 Å². The van der Waals surface area contributed by atoms with Crippen LogP contribution in [0.1, 0.15) is 32.1 Å². The number of methoxy groups -OCH3 is 1. The Morgan fingerprint density at radius 2 is 2.12 bits per heavy atom. The molecule has 1 saturated carbocycles. The van der Waals surface area contributed by atoms with Crippen molar-refractivity contribution in [2.24, 2.45) is 5.73 Å². The van der Waals surface area contributed by atoms with Crippen molar-refractivity contribution in [3.63, 3.8) is 0 Å². The number of carbonyl (C=O) groups excluding carboxylic acids is 1. The molecule has 16 heavy (non-hydrogen) atoms. The molecule has 0 aromatic carbocycles. The third kappa shape index (κ3) is 4.31. The molecule has 1 fully saturated rings. The predicted octanol–water partition coefficient (Wildman–Crippen LogP) is 0.915. The van der Waals surface area contributed by atoms with Crippen molar-refractivity contribution in [3.8, 4) is 0 Å². The molecule has 0 radical (unpaired) electrons. The van der Waals surface area contributed by atoms with Crippen molar-refractivity contribution in [1.29, 1.82) is 0 Å². The maximum absolute atomic E-state index is 11.1. The van der Waals surface area contributed by atoms with Crippen molar-refractivity contribution in [2.45, 2.75) is 43.7 Å². The lowest BCUT2D eigenvalue weighted by Crippen LogP contribution is -2.37. The Labute approximate surface area is 101 Å². The van der Waals surface area contributed by atoms with Crippen LogP contribution < -0.4 is 5.73 Å². The molecule has 94 valence electrons. The topological polar surface area (TPSA) is 72.5 Å². The average Bonchev–Trinajstić information content (AvgIpc) is 2.28. The zero-order valence-corrected chi connectivity index (χ0v) is 10.6. The Hall–Kier alpha value is -0.260. The molecule has 0 bridgehead atoms. The van der Waals surface area contributed by atoms with Crippen LogP contribution in [0.5, 0.6) is 0 Å². The first-order chi connectivity index (χ1) is 7.57. The van der Waals surface area contributed by atoms with Gasteiger partial charge in [-0.1, -0.05) is 19.3 Å². The fraction of sp³-hybridized carbons (Fsp3) is 0.909. The molecular formula is C11H21NO3S. The van der Waals surface area contributed by atoms with Gasteiger partial charge in [-0.25, -0.2) is 0 Å². The maximum Gasteiger partial charge on any atom is 0.323 e. The van der Waals surface area contributed by atoms with E-state index in [2.05, 4.69) is 4.74 Å². The molecule has 0 amide bonds. The highest BCUT2D eigenvalue weighted by Gasteiger charge is 2.29. The summed E-state index contributed by atoms with van der Waals surface area (Å²) in [5.41, 5.74) is 5.07. The van der Waals surface area contributed by atoms with Crippen LogP contribution in [-0.2, 0) is 9.53 Å². The van der Waals surface area contributed by atoms with E-state index in [0.717, 1.165) is 25.7 Å². The number of thioether (sulfide) groups is 1. The van der Waals surface area contributed by atoms with E-state index in [0.29, 0.717) is 11.5 Å². The fourth-order valence-corrected chi connectivity index (χ4v) is 3.13. The van der Waals surface area contributed by atoms with Gasteiger partial charge >= 0.3 is 5.97 Å². The Bertz CT molecular complexity index is 229. The molecule has 1 rings (SSSR count). The normalized spacial score (nSPS) is 21.4. The molecule has 1 atom stereocenters. The van der Waals surface area contributed by atoms with E-state index in [1.807, 2.05) is 0 Å². The highest BCUT2D eigenvalue weighted by atomic mass is 32.2. The first-order valence-corrected chi connectivity index (χ1v) is 6.86. The number of aliphatic hydroxyl groups is 1. The summed E-state index contributed by atoms with van der Waals surface area (Å²) < 4.78 is 4.54.